The Morgan fingerprint density at radius 1 is 1.36 bits per heavy atom. The van der Waals surface area contributed by atoms with Crippen LogP contribution in [0.25, 0.3) is 5.69 Å². The van der Waals surface area contributed by atoms with Crippen molar-refractivity contribution in [3.63, 3.8) is 0 Å². The third kappa shape index (κ3) is 4.45. The SMILES string of the molecule is Cn1cc(C(O)CNC(=O)NCc2cccc(-n3ccnc3)c2)cn1. The maximum atomic E-state index is 11.9. The number of rotatable bonds is 6. The molecule has 0 saturated heterocycles. The van der Waals surface area contributed by atoms with Gasteiger partial charge in [0.05, 0.1) is 18.6 Å². The van der Waals surface area contributed by atoms with Crippen molar-refractivity contribution in [3.05, 3.63) is 66.5 Å². The van der Waals surface area contributed by atoms with Crippen LogP contribution in [-0.2, 0) is 13.6 Å². The molecule has 1 atom stereocenters. The van der Waals surface area contributed by atoms with Crippen LogP contribution < -0.4 is 10.6 Å². The van der Waals surface area contributed by atoms with E-state index < -0.39 is 6.10 Å². The quantitative estimate of drug-likeness (QED) is 0.627. The van der Waals surface area contributed by atoms with Gasteiger partial charge in [-0.05, 0) is 17.7 Å². The largest absolute Gasteiger partial charge is 0.386 e. The highest BCUT2D eigenvalue weighted by molar-refractivity contribution is 5.73. The van der Waals surface area contributed by atoms with Crippen molar-refractivity contribution in [1.29, 1.82) is 0 Å². The van der Waals surface area contributed by atoms with Crippen LogP contribution in [0.5, 0.6) is 0 Å². The van der Waals surface area contributed by atoms with E-state index in [4.69, 9.17) is 0 Å². The minimum absolute atomic E-state index is 0.118. The number of hydrogen-bond acceptors (Lipinski definition) is 4. The first kappa shape index (κ1) is 16.7. The second-order valence-electron chi connectivity index (χ2n) is 5.67. The number of hydrogen-bond donors (Lipinski definition) is 3. The second-order valence-corrected chi connectivity index (χ2v) is 5.67. The third-order valence-electron chi connectivity index (χ3n) is 3.73. The maximum Gasteiger partial charge on any atom is 0.315 e. The highest BCUT2D eigenvalue weighted by atomic mass is 16.3. The Morgan fingerprint density at radius 2 is 2.24 bits per heavy atom. The van der Waals surface area contributed by atoms with Crippen molar-refractivity contribution >= 4 is 6.03 Å². The molecule has 0 bridgehead atoms. The van der Waals surface area contributed by atoms with E-state index in [0.29, 0.717) is 12.1 Å². The molecule has 1 unspecified atom stereocenters. The number of benzene rings is 1. The van der Waals surface area contributed by atoms with Gasteiger partial charge in [0.1, 0.15) is 0 Å². The molecule has 0 spiro atoms. The first-order valence-corrected chi connectivity index (χ1v) is 7.87. The molecule has 0 aliphatic rings. The van der Waals surface area contributed by atoms with Crippen molar-refractivity contribution < 1.29 is 9.90 Å². The normalized spacial score (nSPS) is 11.9. The molecule has 8 nitrogen and oxygen atoms in total. The molecule has 0 aliphatic heterocycles. The van der Waals surface area contributed by atoms with Crippen molar-refractivity contribution in [2.45, 2.75) is 12.6 Å². The Labute approximate surface area is 145 Å². The Balaban J connectivity index is 1.48. The van der Waals surface area contributed by atoms with E-state index in [1.165, 1.54) is 0 Å². The summed E-state index contributed by atoms with van der Waals surface area (Å²) in [6.45, 7) is 0.504. The third-order valence-corrected chi connectivity index (χ3v) is 3.73. The fourth-order valence-corrected chi connectivity index (χ4v) is 2.40. The first-order valence-electron chi connectivity index (χ1n) is 7.87. The molecule has 0 saturated carbocycles. The standard InChI is InChI=1S/C17H20N6O2/c1-22-11-14(9-21-22)16(24)10-20-17(25)19-8-13-3-2-4-15(7-13)23-6-5-18-12-23/h2-7,9,11-12,16,24H,8,10H2,1H3,(H2,19,20,25). The van der Waals surface area contributed by atoms with Gasteiger partial charge >= 0.3 is 6.03 Å². The van der Waals surface area contributed by atoms with Gasteiger partial charge in [-0.2, -0.15) is 5.10 Å². The summed E-state index contributed by atoms with van der Waals surface area (Å²) in [7, 11) is 1.77. The Morgan fingerprint density at radius 3 is 2.96 bits per heavy atom. The monoisotopic (exact) mass is 340 g/mol. The molecule has 130 valence electrons. The molecule has 3 N–H and O–H groups in total. The number of carbonyl (C=O) groups is 1. The topological polar surface area (TPSA) is 97.0 Å². The van der Waals surface area contributed by atoms with Crippen LogP contribution in [-0.4, -0.2) is 37.0 Å². The Kier molecular flexibility index (Phi) is 5.10. The molecule has 3 rings (SSSR count). The predicted octanol–water partition coefficient (Wildman–Crippen LogP) is 1.14. The Bertz CT molecular complexity index is 827. The van der Waals surface area contributed by atoms with E-state index in [-0.39, 0.29) is 12.6 Å². The van der Waals surface area contributed by atoms with Crippen LogP contribution in [0.1, 0.15) is 17.2 Å². The zero-order valence-corrected chi connectivity index (χ0v) is 13.8. The van der Waals surface area contributed by atoms with Gasteiger partial charge in [-0.1, -0.05) is 12.1 Å². The van der Waals surface area contributed by atoms with Gasteiger partial charge in [-0.25, -0.2) is 9.78 Å². The lowest BCUT2D eigenvalue weighted by Crippen LogP contribution is -2.37. The van der Waals surface area contributed by atoms with Crippen molar-refractivity contribution in [1.82, 2.24) is 30.0 Å². The van der Waals surface area contributed by atoms with E-state index in [0.717, 1.165) is 11.3 Å². The number of imidazole rings is 1. The van der Waals surface area contributed by atoms with E-state index in [9.17, 15) is 9.90 Å². The maximum absolute atomic E-state index is 11.9. The summed E-state index contributed by atoms with van der Waals surface area (Å²) in [6.07, 6.45) is 7.80. The lowest BCUT2D eigenvalue weighted by Gasteiger charge is -2.12. The van der Waals surface area contributed by atoms with Crippen LogP contribution in [0, 0.1) is 0 Å². The van der Waals surface area contributed by atoms with Crippen LogP contribution in [0.15, 0.2) is 55.4 Å². The molecular weight excluding hydrogens is 320 g/mol. The molecule has 0 aliphatic carbocycles. The summed E-state index contributed by atoms with van der Waals surface area (Å²) in [5, 5.41) is 19.4. The van der Waals surface area contributed by atoms with Crippen LogP contribution in [0.2, 0.25) is 0 Å². The number of aryl methyl sites for hydroxylation is 1. The number of nitrogens with one attached hydrogen (secondary N) is 2. The molecule has 25 heavy (non-hydrogen) atoms. The van der Waals surface area contributed by atoms with Gasteiger partial charge in [-0.3, -0.25) is 4.68 Å². The lowest BCUT2D eigenvalue weighted by molar-refractivity contribution is 0.173. The second kappa shape index (κ2) is 7.63. The molecule has 0 radical (unpaired) electrons. The highest BCUT2D eigenvalue weighted by Gasteiger charge is 2.11. The predicted molar refractivity (Wildman–Crippen MR) is 92.0 cm³/mol. The number of urea groups is 1. The fraction of sp³-hybridized carbons (Fsp3) is 0.235. The zero-order valence-electron chi connectivity index (χ0n) is 13.8. The zero-order chi connectivity index (χ0) is 17.6. The van der Waals surface area contributed by atoms with Gasteiger partial charge in [0.15, 0.2) is 0 Å². The number of aliphatic hydroxyl groups excluding tert-OH is 1. The van der Waals surface area contributed by atoms with Crippen molar-refractivity contribution in [2.75, 3.05) is 6.54 Å². The van der Waals surface area contributed by atoms with Gasteiger partial charge < -0.3 is 20.3 Å². The van der Waals surface area contributed by atoms with Crippen LogP contribution in [0.4, 0.5) is 4.79 Å². The highest BCUT2D eigenvalue weighted by Crippen LogP contribution is 2.11. The minimum Gasteiger partial charge on any atom is -0.386 e. The average Bonchev–Trinajstić information content (AvgIpc) is 3.30. The lowest BCUT2D eigenvalue weighted by atomic mass is 10.2. The van der Waals surface area contributed by atoms with Gasteiger partial charge in [-0.15, -0.1) is 0 Å². The molecular formula is C17H20N6O2. The molecule has 2 amide bonds. The number of aliphatic hydroxyl groups is 1. The minimum atomic E-state index is -0.788. The number of amides is 2. The number of carbonyl (C=O) groups excluding carboxylic acids is 1. The summed E-state index contributed by atoms with van der Waals surface area (Å²) < 4.78 is 3.50. The summed E-state index contributed by atoms with van der Waals surface area (Å²) >= 11 is 0. The average molecular weight is 340 g/mol. The molecule has 1 aromatic carbocycles. The number of nitrogens with zero attached hydrogens (tertiary/aromatic N) is 4. The Hall–Kier alpha value is -3.13. The molecule has 8 heteroatoms. The van der Waals surface area contributed by atoms with Crippen LogP contribution in [0.3, 0.4) is 0 Å². The molecule has 0 fully saturated rings. The van der Waals surface area contributed by atoms with Crippen molar-refractivity contribution in [3.8, 4) is 5.69 Å². The van der Waals surface area contributed by atoms with E-state index in [1.807, 2.05) is 35.0 Å². The van der Waals surface area contributed by atoms with E-state index >= 15 is 0 Å². The summed E-state index contributed by atoms with van der Waals surface area (Å²) in [4.78, 5) is 15.9. The van der Waals surface area contributed by atoms with Gasteiger partial charge in [0.2, 0.25) is 0 Å². The molecule has 3 aromatic rings. The van der Waals surface area contributed by atoms with E-state index in [2.05, 4.69) is 20.7 Å². The summed E-state index contributed by atoms with van der Waals surface area (Å²) in [5.41, 5.74) is 2.61. The molecule has 2 aromatic heterocycles. The van der Waals surface area contributed by atoms with Crippen molar-refractivity contribution in [2.24, 2.45) is 7.05 Å². The van der Waals surface area contributed by atoms with Gasteiger partial charge in [0.25, 0.3) is 0 Å². The fourth-order valence-electron chi connectivity index (χ4n) is 2.40. The van der Waals surface area contributed by atoms with Crippen LogP contribution >= 0.6 is 0 Å². The van der Waals surface area contributed by atoms with E-state index in [1.54, 1.807) is 36.6 Å². The first-order chi connectivity index (χ1) is 12.1. The summed E-state index contributed by atoms with van der Waals surface area (Å²) in [6, 6.07) is 7.47. The smallest absolute Gasteiger partial charge is 0.315 e. The van der Waals surface area contributed by atoms with Gasteiger partial charge in [0, 0.05) is 50.0 Å². The summed E-state index contributed by atoms with van der Waals surface area (Å²) in [5.74, 6) is 0. The molecule has 2 heterocycles. The number of aromatic nitrogens is 4.